The Morgan fingerprint density at radius 3 is 3.33 bits per heavy atom. The molecule has 1 aromatic rings. The topological polar surface area (TPSA) is 31.2 Å². The van der Waals surface area contributed by atoms with Gasteiger partial charge in [0.25, 0.3) is 0 Å². The van der Waals surface area contributed by atoms with Crippen molar-refractivity contribution in [3.05, 3.63) is 18.3 Å². The van der Waals surface area contributed by atoms with E-state index in [4.69, 9.17) is 4.74 Å². The molecule has 0 unspecified atom stereocenters. The molecule has 0 aromatic carbocycles. The lowest BCUT2D eigenvalue weighted by atomic mass is 10.6. The molecule has 0 fully saturated rings. The second kappa shape index (κ2) is 1.37. The number of hydrogen-bond acceptors (Lipinski definition) is 2. The van der Waals surface area contributed by atoms with Crippen LogP contribution in [-0.4, -0.2) is 10.5 Å². The molecule has 3 heteroatoms. The molecule has 2 heterocycles. The number of fused-ring (bicyclic) bond motifs is 1. The molecule has 3 nitrogen and oxygen atoms in total. The Morgan fingerprint density at radius 1 is 1.67 bits per heavy atom. The summed E-state index contributed by atoms with van der Waals surface area (Å²) < 4.78 is 6.54. The van der Waals surface area contributed by atoms with Gasteiger partial charge in [-0.1, -0.05) is 0 Å². The summed E-state index contributed by atoms with van der Waals surface area (Å²) in [5.41, 5.74) is 0. The first-order valence-electron chi connectivity index (χ1n) is 2.72. The van der Waals surface area contributed by atoms with E-state index in [0.717, 1.165) is 0 Å². The summed E-state index contributed by atoms with van der Waals surface area (Å²) in [5.74, 6) is 0.477. The van der Waals surface area contributed by atoms with E-state index in [-0.39, 0.29) is 5.97 Å². The van der Waals surface area contributed by atoms with Crippen LogP contribution in [-0.2, 0) is 11.3 Å². The zero-order valence-electron chi connectivity index (χ0n) is 4.70. The van der Waals surface area contributed by atoms with Crippen LogP contribution in [0.15, 0.2) is 18.3 Å². The highest BCUT2D eigenvalue weighted by Crippen LogP contribution is 2.17. The van der Waals surface area contributed by atoms with Gasteiger partial charge in [0.2, 0.25) is 5.88 Å². The lowest BCUT2D eigenvalue weighted by Crippen LogP contribution is -2.02. The molecule has 46 valence electrons. The monoisotopic (exact) mass is 123 g/mol. The molecular formula is C6H5NO2. The van der Waals surface area contributed by atoms with E-state index in [0.29, 0.717) is 12.4 Å². The van der Waals surface area contributed by atoms with Crippen LogP contribution in [0.4, 0.5) is 0 Å². The number of rotatable bonds is 0. The van der Waals surface area contributed by atoms with Crippen LogP contribution in [0.5, 0.6) is 5.88 Å². The van der Waals surface area contributed by atoms with Crippen LogP contribution in [0.2, 0.25) is 0 Å². The van der Waals surface area contributed by atoms with Crippen molar-refractivity contribution < 1.29 is 9.53 Å². The van der Waals surface area contributed by atoms with Gasteiger partial charge in [-0.15, -0.1) is 0 Å². The normalized spacial score (nSPS) is 15.3. The minimum atomic E-state index is -0.175. The average molecular weight is 123 g/mol. The highest BCUT2D eigenvalue weighted by Gasteiger charge is 2.17. The molecule has 0 bridgehead atoms. The minimum Gasteiger partial charge on any atom is -0.408 e. The summed E-state index contributed by atoms with van der Waals surface area (Å²) >= 11 is 0. The third-order valence-corrected chi connectivity index (χ3v) is 1.31. The van der Waals surface area contributed by atoms with E-state index in [1.807, 2.05) is 12.3 Å². The number of aromatic nitrogens is 1. The van der Waals surface area contributed by atoms with Crippen molar-refractivity contribution in [1.82, 2.24) is 4.57 Å². The average Bonchev–Trinajstić information content (AvgIpc) is 2.22. The molecule has 0 N–H and O–H groups in total. The summed E-state index contributed by atoms with van der Waals surface area (Å²) in [6.07, 6.45) is 1.82. The third-order valence-electron chi connectivity index (χ3n) is 1.31. The second-order valence-corrected chi connectivity index (χ2v) is 1.95. The lowest BCUT2D eigenvalue weighted by Gasteiger charge is -1.85. The minimum absolute atomic E-state index is 0.175. The number of carbonyl (C=O) groups is 1. The van der Waals surface area contributed by atoms with Gasteiger partial charge in [-0.3, -0.25) is 0 Å². The Bertz CT molecular complexity index is 229. The summed E-state index contributed by atoms with van der Waals surface area (Å²) in [5, 5.41) is 0. The molecule has 0 radical (unpaired) electrons. The van der Waals surface area contributed by atoms with E-state index in [2.05, 4.69) is 0 Å². The first-order chi connectivity index (χ1) is 4.36. The van der Waals surface area contributed by atoms with Crippen LogP contribution in [0.1, 0.15) is 0 Å². The Labute approximate surface area is 51.8 Å². The molecular weight excluding hydrogens is 118 g/mol. The smallest absolute Gasteiger partial charge is 0.332 e. The van der Waals surface area contributed by atoms with E-state index in [1.54, 1.807) is 10.6 Å². The van der Waals surface area contributed by atoms with Crippen LogP contribution < -0.4 is 4.74 Å². The zero-order valence-corrected chi connectivity index (χ0v) is 4.70. The lowest BCUT2D eigenvalue weighted by molar-refractivity contribution is -0.132. The van der Waals surface area contributed by atoms with Crippen LogP contribution in [0, 0.1) is 0 Å². The summed E-state index contributed by atoms with van der Waals surface area (Å²) in [4.78, 5) is 10.5. The van der Waals surface area contributed by atoms with Crippen molar-refractivity contribution >= 4 is 5.97 Å². The molecule has 1 aromatic heterocycles. The van der Waals surface area contributed by atoms with Crippen molar-refractivity contribution in [3.8, 4) is 5.88 Å². The Kier molecular flexibility index (Phi) is 0.704. The van der Waals surface area contributed by atoms with Gasteiger partial charge in [0, 0.05) is 12.3 Å². The fourth-order valence-electron chi connectivity index (χ4n) is 0.910. The van der Waals surface area contributed by atoms with Crippen molar-refractivity contribution in [2.75, 3.05) is 0 Å². The van der Waals surface area contributed by atoms with Crippen molar-refractivity contribution in [2.45, 2.75) is 6.54 Å². The molecule has 0 saturated carbocycles. The van der Waals surface area contributed by atoms with E-state index < -0.39 is 0 Å². The molecule has 2 rings (SSSR count). The molecule has 0 spiro atoms. The highest BCUT2D eigenvalue weighted by atomic mass is 16.6. The SMILES string of the molecule is O=C1Cn2cccc2O1. The van der Waals surface area contributed by atoms with Gasteiger partial charge in [0.1, 0.15) is 6.54 Å². The van der Waals surface area contributed by atoms with Gasteiger partial charge in [-0.2, -0.15) is 0 Å². The second-order valence-electron chi connectivity index (χ2n) is 1.95. The van der Waals surface area contributed by atoms with Crippen molar-refractivity contribution in [2.24, 2.45) is 0 Å². The number of carbonyl (C=O) groups excluding carboxylic acids is 1. The van der Waals surface area contributed by atoms with Gasteiger partial charge in [0.05, 0.1) is 0 Å². The fraction of sp³-hybridized carbons (Fsp3) is 0.167. The van der Waals surface area contributed by atoms with E-state index in [1.165, 1.54) is 0 Å². The van der Waals surface area contributed by atoms with Gasteiger partial charge >= 0.3 is 5.97 Å². The number of ether oxygens (including phenoxy) is 1. The Balaban J connectivity index is 2.49. The number of nitrogens with zero attached hydrogens (tertiary/aromatic N) is 1. The van der Waals surface area contributed by atoms with E-state index in [9.17, 15) is 4.79 Å². The van der Waals surface area contributed by atoms with Crippen molar-refractivity contribution in [3.63, 3.8) is 0 Å². The molecule has 0 amide bonds. The Morgan fingerprint density at radius 2 is 2.56 bits per heavy atom. The zero-order chi connectivity index (χ0) is 6.27. The Hall–Kier alpha value is -1.25. The highest BCUT2D eigenvalue weighted by molar-refractivity contribution is 5.74. The van der Waals surface area contributed by atoms with Crippen LogP contribution in [0.3, 0.4) is 0 Å². The maximum Gasteiger partial charge on any atom is 0.332 e. The van der Waals surface area contributed by atoms with Gasteiger partial charge in [0.15, 0.2) is 0 Å². The molecule has 0 aliphatic carbocycles. The standard InChI is InChI=1S/C6H5NO2/c8-6-4-7-3-1-2-5(7)9-6/h1-3H,4H2. The van der Waals surface area contributed by atoms with E-state index >= 15 is 0 Å². The summed E-state index contributed by atoms with van der Waals surface area (Å²) in [6.45, 7) is 0.363. The molecule has 1 aliphatic rings. The molecule has 0 saturated heterocycles. The maximum atomic E-state index is 10.5. The van der Waals surface area contributed by atoms with Gasteiger partial charge in [-0.25, -0.2) is 4.79 Å². The summed E-state index contributed by atoms with van der Waals surface area (Å²) in [6, 6.07) is 3.62. The predicted octanol–water partition coefficient (Wildman–Crippen LogP) is 0.407. The van der Waals surface area contributed by atoms with Crippen LogP contribution in [0.25, 0.3) is 0 Å². The van der Waals surface area contributed by atoms with Crippen molar-refractivity contribution in [1.29, 1.82) is 0 Å². The number of hydrogen-bond donors (Lipinski definition) is 0. The first-order valence-corrected chi connectivity index (χ1v) is 2.72. The fourth-order valence-corrected chi connectivity index (χ4v) is 0.910. The predicted molar refractivity (Wildman–Crippen MR) is 30.1 cm³/mol. The number of esters is 1. The molecule has 1 aliphatic heterocycles. The summed E-state index contributed by atoms with van der Waals surface area (Å²) in [7, 11) is 0. The quantitative estimate of drug-likeness (QED) is 0.468. The van der Waals surface area contributed by atoms with Gasteiger partial charge in [-0.05, 0) is 6.07 Å². The third kappa shape index (κ3) is 0.543. The van der Waals surface area contributed by atoms with Gasteiger partial charge < -0.3 is 9.30 Å². The molecule has 9 heavy (non-hydrogen) atoms. The largest absolute Gasteiger partial charge is 0.408 e. The first kappa shape index (κ1) is 4.61. The maximum absolute atomic E-state index is 10.5. The molecule has 0 atom stereocenters. The van der Waals surface area contributed by atoms with Crippen LogP contribution >= 0.6 is 0 Å².